The monoisotopic (exact) mass is 862 g/mol. The van der Waals surface area contributed by atoms with Crippen LogP contribution >= 0.6 is 0 Å². The Morgan fingerprint density at radius 3 is 2.52 bits per heavy atom. The van der Waals surface area contributed by atoms with E-state index < -0.39 is 71.8 Å². The molecule has 1 amide bonds. The first-order chi connectivity index (χ1) is 29.5. The molecule has 5 aliphatic heterocycles. The predicted octanol–water partition coefficient (Wildman–Crippen LogP) is 5.31. The molecule has 4 saturated heterocycles. The SMILES string of the molecule is CC[C@@H]1OC(=O)[C@H](C)[C@H]2OCC(=NOCc3cccc(-c4ccccn4)n3)CO[C@](C)(C[C@@H](C)C3=NCCN4C(=O)O[C@@]1(C)[C@H]4[C@H]3C)[C@@H](O[C@H]1O[C@@H](C)C[C@@H](N(C)C)[C@@H]1O)[C@@H]2C. The van der Waals surface area contributed by atoms with Crippen LogP contribution in [0.1, 0.15) is 80.3 Å². The van der Waals surface area contributed by atoms with Gasteiger partial charge in [0.2, 0.25) is 0 Å². The second-order valence-electron chi connectivity index (χ2n) is 18.5. The molecule has 62 heavy (non-hydrogen) atoms. The first-order valence-corrected chi connectivity index (χ1v) is 22.2. The third kappa shape index (κ3) is 9.27. The Bertz CT molecular complexity index is 1950. The number of esters is 1. The van der Waals surface area contributed by atoms with Crippen molar-refractivity contribution >= 4 is 23.5 Å². The smallest absolute Gasteiger partial charge is 0.410 e. The molecule has 7 rings (SSSR count). The molecule has 16 heteroatoms. The first kappa shape index (κ1) is 45.9. The van der Waals surface area contributed by atoms with E-state index in [9.17, 15) is 14.7 Å². The Morgan fingerprint density at radius 1 is 1.02 bits per heavy atom. The summed E-state index contributed by atoms with van der Waals surface area (Å²) in [5.41, 5.74) is 1.23. The minimum absolute atomic E-state index is 0.00427. The van der Waals surface area contributed by atoms with Crippen molar-refractivity contribution in [1.82, 2.24) is 19.8 Å². The van der Waals surface area contributed by atoms with Crippen LogP contribution < -0.4 is 0 Å². The Hall–Kier alpha value is -4.06. The number of hydrogen-bond donors (Lipinski definition) is 1. The summed E-state index contributed by atoms with van der Waals surface area (Å²) >= 11 is 0. The van der Waals surface area contributed by atoms with Crippen molar-refractivity contribution in [2.75, 3.05) is 40.4 Å². The molecule has 0 unspecified atom stereocenters. The zero-order valence-corrected chi connectivity index (χ0v) is 37.9. The highest BCUT2D eigenvalue weighted by molar-refractivity contribution is 5.91. The van der Waals surface area contributed by atoms with Crippen molar-refractivity contribution in [3.05, 3.63) is 48.3 Å². The number of aliphatic hydroxyl groups excluding tert-OH is 1. The van der Waals surface area contributed by atoms with E-state index in [-0.39, 0.29) is 43.8 Å². The van der Waals surface area contributed by atoms with Crippen LogP contribution in [0, 0.1) is 23.7 Å². The van der Waals surface area contributed by atoms with Crippen LogP contribution in [0.25, 0.3) is 11.4 Å². The van der Waals surface area contributed by atoms with Gasteiger partial charge in [-0.05, 0) is 91.2 Å². The summed E-state index contributed by atoms with van der Waals surface area (Å²) in [5.74, 6) is -2.31. The summed E-state index contributed by atoms with van der Waals surface area (Å²) in [6.45, 7) is 16.6. The number of fused-ring (bicyclic) bond motifs is 4. The van der Waals surface area contributed by atoms with Crippen LogP contribution in [0.5, 0.6) is 0 Å². The molecule has 14 atom stereocenters. The summed E-state index contributed by atoms with van der Waals surface area (Å²) in [5, 5.41) is 16.4. The molecule has 4 bridgehead atoms. The van der Waals surface area contributed by atoms with Crippen LogP contribution in [0.4, 0.5) is 4.79 Å². The highest BCUT2D eigenvalue weighted by Gasteiger charge is 2.60. The van der Waals surface area contributed by atoms with Gasteiger partial charge in [0.25, 0.3) is 0 Å². The lowest BCUT2D eigenvalue weighted by molar-refractivity contribution is -0.302. The zero-order valence-electron chi connectivity index (χ0n) is 37.9. The van der Waals surface area contributed by atoms with Gasteiger partial charge in [0, 0.05) is 36.3 Å². The molecule has 2 aromatic heterocycles. The fourth-order valence-corrected chi connectivity index (χ4v) is 10.6. The Kier molecular flexibility index (Phi) is 14.1. The summed E-state index contributed by atoms with van der Waals surface area (Å²) < 4.78 is 39.9. The number of hydrogen-bond acceptors (Lipinski definition) is 15. The molecule has 2 aromatic rings. The molecule has 5 aliphatic rings. The maximum Gasteiger partial charge on any atom is 0.410 e. The van der Waals surface area contributed by atoms with Crippen molar-refractivity contribution in [3.8, 4) is 11.4 Å². The number of cyclic esters (lactones) is 1. The predicted molar refractivity (Wildman–Crippen MR) is 230 cm³/mol. The molecule has 16 nitrogen and oxygen atoms in total. The second kappa shape index (κ2) is 19.0. The van der Waals surface area contributed by atoms with E-state index in [0.29, 0.717) is 49.5 Å². The Labute approximate surface area is 365 Å². The molecule has 0 aliphatic carbocycles. The van der Waals surface area contributed by atoms with Crippen LogP contribution in [0.15, 0.2) is 52.7 Å². The fraction of sp³-hybridized carbons (Fsp3) is 0.696. The van der Waals surface area contributed by atoms with E-state index in [1.54, 1.807) is 18.0 Å². The van der Waals surface area contributed by atoms with Crippen LogP contribution in [-0.2, 0) is 44.7 Å². The Morgan fingerprint density at radius 2 is 1.79 bits per heavy atom. The number of likely N-dealkylation sites (N-methyl/N-ethyl adjacent to an activating group) is 1. The number of oxime groups is 1. The van der Waals surface area contributed by atoms with Crippen molar-refractivity contribution in [3.63, 3.8) is 0 Å². The number of ether oxygens (including phenoxy) is 6. The molecule has 0 spiro atoms. The number of aliphatic hydroxyl groups is 1. The molecule has 0 saturated carbocycles. The zero-order chi connectivity index (χ0) is 44.5. The first-order valence-electron chi connectivity index (χ1n) is 22.2. The van der Waals surface area contributed by atoms with Gasteiger partial charge in [-0.1, -0.05) is 45.0 Å². The van der Waals surface area contributed by atoms with Gasteiger partial charge in [0.05, 0.1) is 72.7 Å². The van der Waals surface area contributed by atoms with Gasteiger partial charge in [-0.3, -0.25) is 19.7 Å². The third-order valence-electron chi connectivity index (χ3n) is 13.7. The average Bonchev–Trinajstić information content (AvgIpc) is 3.39. The summed E-state index contributed by atoms with van der Waals surface area (Å²) in [6, 6.07) is 10.7. The van der Waals surface area contributed by atoms with E-state index >= 15 is 0 Å². The van der Waals surface area contributed by atoms with Crippen molar-refractivity contribution in [2.24, 2.45) is 33.8 Å². The lowest BCUT2D eigenvalue weighted by Crippen LogP contribution is -2.60. The molecule has 340 valence electrons. The standard InChI is InChI=1S/C46H66N6O10/c1-11-36-46(8)40-28(4)37(48-19-20-52(40)44(55)62-46)26(2)22-45(7)41(61-43-38(53)35(51(9)10)21-27(3)59-43)29(5)39(30(6)42(54)60-36)56-23-32(24-57-45)50-58-25-31-15-14-17-34(49-31)33-16-12-13-18-47-33/h12-18,26-30,35-36,38-41,43,53H,11,19-25H2,1-10H3/t26-,27+,28+,29-,30-,35-,36+,38+,39+,40-,41+,43-,45-,46-/m1/s1. The van der Waals surface area contributed by atoms with Crippen molar-refractivity contribution in [2.45, 2.75) is 141 Å². The molecule has 1 N–H and O–H groups in total. The van der Waals surface area contributed by atoms with Gasteiger partial charge in [-0.15, -0.1) is 0 Å². The fourth-order valence-electron chi connectivity index (χ4n) is 10.6. The normalized spacial score (nSPS) is 38.9. The summed E-state index contributed by atoms with van der Waals surface area (Å²) in [6.07, 6.45) is -1.81. The topological polar surface area (TPSA) is 176 Å². The highest BCUT2D eigenvalue weighted by atomic mass is 16.7. The van der Waals surface area contributed by atoms with Gasteiger partial charge in [-0.25, -0.2) is 9.78 Å². The molecular formula is C46H66N6O10. The number of carbonyl (C=O) groups is 2. The van der Waals surface area contributed by atoms with Gasteiger partial charge < -0.3 is 43.3 Å². The van der Waals surface area contributed by atoms with Crippen LogP contribution in [0.2, 0.25) is 0 Å². The van der Waals surface area contributed by atoms with Crippen molar-refractivity contribution < 1.29 is 48.0 Å². The summed E-state index contributed by atoms with van der Waals surface area (Å²) in [7, 11) is 3.87. The largest absolute Gasteiger partial charge is 0.458 e. The van der Waals surface area contributed by atoms with Crippen LogP contribution in [-0.4, -0.2) is 149 Å². The van der Waals surface area contributed by atoms with Crippen molar-refractivity contribution in [1.29, 1.82) is 0 Å². The minimum Gasteiger partial charge on any atom is -0.458 e. The number of aliphatic imine (C=N–C) groups is 1. The average molecular weight is 863 g/mol. The van der Waals surface area contributed by atoms with Gasteiger partial charge in [-0.2, -0.15) is 0 Å². The number of carbonyl (C=O) groups excluding carboxylic acids is 2. The van der Waals surface area contributed by atoms with E-state index in [0.717, 1.165) is 11.4 Å². The van der Waals surface area contributed by atoms with E-state index in [1.807, 2.05) is 90.0 Å². The molecule has 7 heterocycles. The summed E-state index contributed by atoms with van der Waals surface area (Å²) in [4.78, 5) is 52.2. The number of rotatable bonds is 8. The maximum absolute atomic E-state index is 14.6. The number of pyridine rings is 2. The number of aromatic nitrogens is 2. The quantitative estimate of drug-likeness (QED) is 0.268. The third-order valence-corrected chi connectivity index (χ3v) is 13.7. The lowest BCUT2D eigenvalue weighted by Gasteiger charge is -2.48. The maximum atomic E-state index is 14.6. The van der Waals surface area contributed by atoms with Crippen LogP contribution in [0.3, 0.4) is 0 Å². The molecule has 0 aromatic carbocycles. The molecule has 4 fully saturated rings. The van der Waals surface area contributed by atoms with Gasteiger partial charge >= 0.3 is 12.1 Å². The number of amides is 1. The second-order valence-corrected chi connectivity index (χ2v) is 18.5. The van der Waals surface area contributed by atoms with E-state index in [2.05, 4.69) is 24.0 Å². The molecule has 0 radical (unpaired) electrons. The lowest BCUT2D eigenvalue weighted by atomic mass is 9.72. The van der Waals surface area contributed by atoms with Gasteiger partial charge in [0.15, 0.2) is 18.5 Å². The highest BCUT2D eigenvalue weighted by Crippen LogP contribution is 2.45. The molecular weight excluding hydrogens is 797 g/mol. The number of nitrogens with zero attached hydrogens (tertiary/aromatic N) is 6. The van der Waals surface area contributed by atoms with Gasteiger partial charge in [0.1, 0.15) is 17.9 Å². The van der Waals surface area contributed by atoms with E-state index in [1.165, 1.54) is 0 Å². The minimum atomic E-state index is -1.14. The Balaban J connectivity index is 1.28. The van der Waals surface area contributed by atoms with E-state index in [4.69, 9.17) is 43.2 Å².